The molecule has 12 aromatic rings. The van der Waals surface area contributed by atoms with Gasteiger partial charge in [0.2, 0.25) is 5.70 Å². The van der Waals surface area contributed by atoms with Gasteiger partial charge in [-0.25, -0.2) is 4.85 Å². The molecule has 102 heavy (non-hydrogen) atoms. The van der Waals surface area contributed by atoms with Crippen LogP contribution in [-0.4, -0.2) is 18.3 Å². The second-order valence-corrected chi connectivity index (χ2v) is 35.7. The van der Waals surface area contributed by atoms with Crippen LogP contribution in [0.15, 0.2) is 157 Å². The minimum atomic E-state index is -0.140. The molecular formula is C96H106N6. The number of nitriles is 1. The van der Waals surface area contributed by atoms with Crippen molar-refractivity contribution >= 4 is 111 Å². The number of benzene rings is 8. The summed E-state index contributed by atoms with van der Waals surface area (Å²) in [5, 5.41) is 21.6. The summed E-state index contributed by atoms with van der Waals surface area (Å²) in [6.07, 6.45) is 29.0. The lowest BCUT2D eigenvalue weighted by molar-refractivity contribution is 0.444. The third kappa shape index (κ3) is 12.0. The van der Waals surface area contributed by atoms with Crippen LogP contribution < -0.4 is 0 Å². The van der Waals surface area contributed by atoms with Crippen LogP contribution in [0, 0.1) is 17.9 Å². The van der Waals surface area contributed by atoms with Crippen LogP contribution in [0.1, 0.15) is 280 Å². The van der Waals surface area contributed by atoms with E-state index in [9.17, 15) is 11.8 Å². The molecule has 0 unspecified atom stereocenters. The molecule has 6 heteroatoms. The van der Waals surface area contributed by atoms with Crippen molar-refractivity contribution in [3.63, 3.8) is 0 Å². The Morgan fingerprint density at radius 3 is 0.882 bits per heavy atom. The lowest BCUT2D eigenvalue weighted by Gasteiger charge is -2.25. The second kappa shape index (κ2) is 26.1. The predicted molar refractivity (Wildman–Crippen MR) is 436 cm³/mol. The molecule has 0 aliphatic heterocycles. The highest BCUT2D eigenvalue weighted by atomic mass is 15.1. The van der Waals surface area contributed by atoms with E-state index in [0.29, 0.717) is 40.8 Å². The first-order valence-corrected chi connectivity index (χ1v) is 39.3. The summed E-state index contributed by atoms with van der Waals surface area (Å²) < 4.78 is 9.75. The summed E-state index contributed by atoms with van der Waals surface area (Å²) in [5.41, 5.74) is 21.0. The predicted octanol–water partition coefficient (Wildman–Crippen LogP) is 27.8. The van der Waals surface area contributed by atoms with Crippen molar-refractivity contribution in [3.8, 4) is 6.07 Å². The number of nitrogens with zero attached hydrogens (tertiary/aromatic N) is 6. The Morgan fingerprint density at radius 2 is 0.598 bits per heavy atom. The Kier molecular flexibility index (Phi) is 17.3. The summed E-state index contributed by atoms with van der Waals surface area (Å²) in [4.78, 5) is 5.22. The molecule has 0 saturated heterocycles. The molecule has 16 rings (SSSR count). The van der Waals surface area contributed by atoms with E-state index in [4.69, 9.17) is 4.85 Å². The van der Waals surface area contributed by atoms with Gasteiger partial charge in [-0.05, 0) is 238 Å². The van der Waals surface area contributed by atoms with Crippen molar-refractivity contribution in [1.82, 2.24) is 18.3 Å². The van der Waals surface area contributed by atoms with Crippen molar-refractivity contribution in [2.75, 3.05) is 0 Å². The van der Waals surface area contributed by atoms with Gasteiger partial charge in [0.1, 0.15) is 0 Å². The maximum absolute atomic E-state index is 12.1. The van der Waals surface area contributed by atoms with Crippen molar-refractivity contribution in [3.05, 3.63) is 213 Å². The molecule has 8 aromatic carbocycles. The quantitative estimate of drug-likeness (QED) is 0.0765. The van der Waals surface area contributed by atoms with Crippen LogP contribution in [0.5, 0.6) is 0 Å². The maximum atomic E-state index is 12.1. The standard InChI is InChI=1S/C96H106N6/c1-93(2,3)69-38-46-83-77(56-69)78-57-70(94(4,5)6)39-47-84(78)100(83)89(50-51-97)92(102-87-44-36-67(63-30-22-16-23-31-63)54-75(87)76-55-68(37-45-88(76)102)64-32-24-17-25-33-64)91(98-13)90(101-85-48-40-71(95(7,8)9)58-79(85)80-59-72(96(10,11)12)41-49-86(80)101)60-99-81-42-34-65(61-26-18-14-19-27-61)52-73(81)74-53-66(35-43-82(74)99)62-28-20-15-21-29-62/h34-50,52-64H,14-33H2,1-12H3/b89-50-,90-60-,92-91-. The van der Waals surface area contributed by atoms with Gasteiger partial charge in [-0.3, -0.25) is 0 Å². The van der Waals surface area contributed by atoms with E-state index in [1.165, 1.54) is 194 Å². The number of hydrogen-bond donors (Lipinski definition) is 0. The monoisotopic (exact) mass is 1340 g/mol. The number of aromatic nitrogens is 4. The van der Waals surface area contributed by atoms with E-state index in [2.05, 4.69) is 259 Å². The van der Waals surface area contributed by atoms with E-state index < -0.39 is 0 Å². The molecule has 0 amide bonds. The Morgan fingerprint density at radius 1 is 0.343 bits per heavy atom. The first kappa shape index (κ1) is 67.6. The smallest absolute Gasteiger partial charge is 0.237 e. The fraction of sp³-hybridized carbons (Fsp3) is 0.417. The zero-order valence-corrected chi connectivity index (χ0v) is 63.1. The molecule has 4 fully saturated rings. The SMILES string of the molecule is [C-]#[N+]C(/C(=C/n1c2ccc(C3CCCCC3)cc2c2cc(C3CCCCC3)ccc21)n1c2ccc(C(C)(C)C)cc2c2cc(C(C)(C)C)ccc21)=C(/C(=C/C#N)n1c2ccc(C(C)(C)C)cc2c2cc(C(C)(C)C)ccc21)n1c2ccc(C3CCCCC3)cc2c2cc(C3CCCCC3)ccc21. The van der Waals surface area contributed by atoms with E-state index in [1.807, 2.05) is 0 Å². The lowest BCUT2D eigenvalue weighted by Crippen LogP contribution is -2.13. The molecular weight excluding hydrogens is 1240 g/mol. The molecule has 4 saturated carbocycles. The Balaban J connectivity index is 1.11. The fourth-order valence-electron chi connectivity index (χ4n) is 18.9. The van der Waals surface area contributed by atoms with E-state index in [1.54, 1.807) is 6.08 Å². The number of allylic oxidation sites excluding steroid dienone is 4. The van der Waals surface area contributed by atoms with Crippen LogP contribution in [0.25, 0.3) is 115 Å². The highest BCUT2D eigenvalue weighted by Crippen LogP contribution is 2.50. The normalized spacial score (nSPS) is 17.7. The molecule has 6 nitrogen and oxygen atoms in total. The van der Waals surface area contributed by atoms with Gasteiger partial charge < -0.3 is 18.3 Å². The summed E-state index contributed by atoms with van der Waals surface area (Å²) >= 11 is 0. The average Bonchev–Trinajstić information content (AvgIpc) is 1.56. The van der Waals surface area contributed by atoms with Gasteiger partial charge in [0.25, 0.3) is 0 Å². The summed E-state index contributed by atoms with van der Waals surface area (Å²) in [6, 6.07) is 60.6. The zero-order valence-electron chi connectivity index (χ0n) is 63.1. The first-order chi connectivity index (χ1) is 49.0. The van der Waals surface area contributed by atoms with Gasteiger partial charge in [-0.15, -0.1) is 0 Å². The highest BCUT2D eigenvalue weighted by Gasteiger charge is 2.33. The first-order valence-electron chi connectivity index (χ1n) is 39.3. The van der Waals surface area contributed by atoms with Gasteiger partial charge in [-0.2, -0.15) is 5.26 Å². The van der Waals surface area contributed by atoms with Crippen molar-refractivity contribution < 1.29 is 0 Å². The molecule has 4 aliphatic rings. The van der Waals surface area contributed by atoms with Crippen LogP contribution in [0.2, 0.25) is 0 Å². The molecule has 4 aliphatic carbocycles. The number of fused-ring (bicyclic) bond motifs is 12. The molecule has 4 aromatic heterocycles. The number of rotatable bonds is 10. The van der Waals surface area contributed by atoms with E-state index >= 15 is 0 Å². The number of hydrogen-bond acceptors (Lipinski definition) is 1. The van der Waals surface area contributed by atoms with Crippen molar-refractivity contribution in [2.45, 2.75) is 257 Å². The van der Waals surface area contributed by atoms with Crippen LogP contribution in [-0.2, 0) is 21.7 Å². The average molecular weight is 1340 g/mol. The molecule has 0 radical (unpaired) electrons. The second-order valence-electron chi connectivity index (χ2n) is 35.7. The Hall–Kier alpha value is -8.84. The fourth-order valence-corrected chi connectivity index (χ4v) is 18.9. The molecule has 0 spiro atoms. The van der Waals surface area contributed by atoms with Crippen LogP contribution >= 0.6 is 0 Å². The van der Waals surface area contributed by atoms with E-state index in [0.717, 1.165) is 71.4 Å². The van der Waals surface area contributed by atoms with Crippen molar-refractivity contribution in [1.29, 1.82) is 5.26 Å². The Bertz CT molecular complexity index is 5200. The van der Waals surface area contributed by atoms with Gasteiger partial charge in [0, 0.05) is 55.4 Å². The van der Waals surface area contributed by atoms with Gasteiger partial charge >= 0.3 is 0 Å². The molecule has 0 N–H and O–H groups in total. The minimum Gasteiger partial charge on any atom is -0.317 e. The van der Waals surface area contributed by atoms with Gasteiger partial charge in [0.05, 0.1) is 73.9 Å². The maximum Gasteiger partial charge on any atom is 0.237 e. The van der Waals surface area contributed by atoms with Crippen LogP contribution in [0.4, 0.5) is 0 Å². The lowest BCUT2D eigenvalue weighted by atomic mass is 9.83. The third-order valence-corrected chi connectivity index (χ3v) is 24.9. The van der Waals surface area contributed by atoms with Crippen molar-refractivity contribution in [2.24, 2.45) is 0 Å². The third-order valence-electron chi connectivity index (χ3n) is 24.9. The molecule has 0 bridgehead atoms. The topological polar surface area (TPSA) is 47.9 Å². The minimum absolute atomic E-state index is 0.140. The zero-order chi connectivity index (χ0) is 70.7. The highest BCUT2D eigenvalue weighted by molar-refractivity contribution is 6.20. The molecule has 520 valence electrons. The van der Waals surface area contributed by atoms with E-state index in [-0.39, 0.29) is 21.7 Å². The van der Waals surface area contributed by atoms with Crippen LogP contribution in [0.3, 0.4) is 0 Å². The van der Waals surface area contributed by atoms with Gasteiger partial charge in [0.15, 0.2) is 0 Å². The van der Waals surface area contributed by atoms with Gasteiger partial charge in [-0.1, -0.05) is 209 Å². The largest absolute Gasteiger partial charge is 0.317 e. The molecule has 4 heterocycles. The molecule has 0 atom stereocenters. The summed E-state index contributed by atoms with van der Waals surface area (Å²) in [6.45, 7) is 38.3. The Labute approximate surface area is 606 Å². The summed E-state index contributed by atoms with van der Waals surface area (Å²) in [7, 11) is 0. The summed E-state index contributed by atoms with van der Waals surface area (Å²) in [5.74, 6) is 2.00.